The van der Waals surface area contributed by atoms with E-state index in [1.165, 1.54) is 11.3 Å². The van der Waals surface area contributed by atoms with Gasteiger partial charge in [-0.25, -0.2) is 18.1 Å². The van der Waals surface area contributed by atoms with Gasteiger partial charge in [0.2, 0.25) is 10.0 Å². The van der Waals surface area contributed by atoms with Gasteiger partial charge in [0, 0.05) is 25.2 Å². The maximum atomic E-state index is 12.3. The first-order valence-corrected chi connectivity index (χ1v) is 15.1. The van der Waals surface area contributed by atoms with Crippen molar-refractivity contribution < 1.29 is 13.2 Å². The number of aromatic nitrogens is 1. The Morgan fingerprint density at radius 3 is 2.39 bits per heavy atom. The van der Waals surface area contributed by atoms with E-state index in [1.54, 1.807) is 19.1 Å². The van der Waals surface area contributed by atoms with Gasteiger partial charge in [0.25, 0.3) is 5.91 Å². The van der Waals surface area contributed by atoms with Gasteiger partial charge in [0.15, 0.2) is 5.13 Å². The molecule has 1 aromatic carbocycles. The summed E-state index contributed by atoms with van der Waals surface area (Å²) in [6, 6.07) is 10.3. The molecule has 0 aliphatic rings. The summed E-state index contributed by atoms with van der Waals surface area (Å²) in [5, 5.41) is 9.65. The van der Waals surface area contributed by atoms with Gasteiger partial charge in [-0.05, 0) is 37.2 Å². The number of nitrogens with one attached hydrogen (secondary N) is 1. The highest BCUT2D eigenvalue weighted by Gasteiger charge is 2.23. The molecule has 0 saturated carbocycles. The molecule has 0 radical (unpaired) electrons. The lowest BCUT2D eigenvalue weighted by Gasteiger charge is -2.26. The topological polar surface area (TPSA) is 103 Å². The van der Waals surface area contributed by atoms with Crippen molar-refractivity contribution >= 4 is 46.2 Å². The molecule has 0 bridgehead atoms. The van der Waals surface area contributed by atoms with E-state index >= 15 is 0 Å². The number of anilines is 2. The van der Waals surface area contributed by atoms with E-state index < -0.39 is 24.0 Å². The van der Waals surface area contributed by atoms with Crippen molar-refractivity contribution in [3.05, 3.63) is 40.4 Å². The quantitative estimate of drug-likeness (QED) is 0.667. The van der Waals surface area contributed by atoms with Crippen molar-refractivity contribution in [1.29, 1.82) is 5.26 Å². The third kappa shape index (κ3) is 6.15. The molecule has 28 heavy (non-hydrogen) atoms. The van der Waals surface area contributed by atoms with Crippen LogP contribution in [0.15, 0.2) is 24.3 Å². The van der Waals surface area contributed by atoms with Crippen LogP contribution in [-0.4, -0.2) is 40.2 Å². The largest absolute Gasteiger partial charge is 0.318 e. The molecule has 2 aromatic rings. The fourth-order valence-electron chi connectivity index (χ4n) is 2.42. The highest BCUT2D eigenvalue weighted by molar-refractivity contribution is 7.89. The number of thiazole rings is 1. The summed E-state index contributed by atoms with van der Waals surface area (Å²) >= 11 is 1.34. The lowest BCUT2D eigenvalue weighted by atomic mass is 10.2. The molecular formula is C18H24N4O3S2Si. The summed E-state index contributed by atoms with van der Waals surface area (Å²) < 4.78 is 24.7. The van der Waals surface area contributed by atoms with Crippen LogP contribution in [0.4, 0.5) is 10.8 Å². The third-order valence-corrected chi connectivity index (χ3v) is 7.18. The Labute approximate surface area is 171 Å². The lowest BCUT2D eigenvalue weighted by molar-refractivity contribution is 0.0977. The fraction of sp³-hybridized carbons (Fsp3) is 0.389. The number of nitriles is 1. The highest BCUT2D eigenvalue weighted by Crippen LogP contribution is 2.32. The van der Waals surface area contributed by atoms with Crippen LogP contribution in [0.2, 0.25) is 25.7 Å². The zero-order chi connectivity index (χ0) is 21.1. The first kappa shape index (κ1) is 22.1. The average Bonchev–Trinajstić information content (AvgIpc) is 2.95. The molecule has 2 rings (SSSR count). The number of carbonyl (C=O) groups is 1. The Balaban J connectivity index is 2.41. The second-order valence-corrected chi connectivity index (χ2v) is 16.3. The molecule has 1 N–H and O–H groups in total. The Morgan fingerprint density at radius 2 is 1.89 bits per heavy atom. The van der Waals surface area contributed by atoms with Crippen molar-refractivity contribution in [1.82, 2.24) is 9.71 Å². The number of amides is 1. The molecule has 0 fully saturated rings. The van der Waals surface area contributed by atoms with Crippen molar-refractivity contribution in [2.45, 2.75) is 32.6 Å². The molecule has 1 heterocycles. The van der Waals surface area contributed by atoms with Gasteiger partial charge in [0.05, 0.1) is 17.9 Å². The van der Waals surface area contributed by atoms with E-state index in [9.17, 15) is 13.2 Å². The second kappa shape index (κ2) is 8.42. The minimum absolute atomic E-state index is 0.108. The number of hydrogen-bond donors (Lipinski definition) is 1. The number of carbonyl (C=O) groups excluding carboxylic acids is 1. The first-order chi connectivity index (χ1) is 12.9. The van der Waals surface area contributed by atoms with Crippen LogP contribution in [0.5, 0.6) is 0 Å². The minimum Gasteiger partial charge on any atom is -0.318 e. The fourth-order valence-corrected chi connectivity index (χ4v) is 4.70. The summed E-state index contributed by atoms with van der Waals surface area (Å²) in [4.78, 5) is 19.4. The van der Waals surface area contributed by atoms with E-state index in [0.29, 0.717) is 15.6 Å². The van der Waals surface area contributed by atoms with E-state index in [1.807, 2.05) is 21.8 Å². The maximum absolute atomic E-state index is 12.3. The van der Waals surface area contributed by atoms with Crippen molar-refractivity contribution in [2.75, 3.05) is 17.7 Å². The van der Waals surface area contributed by atoms with Crippen molar-refractivity contribution in [3.63, 3.8) is 0 Å². The van der Waals surface area contributed by atoms with Crippen LogP contribution >= 0.6 is 11.3 Å². The zero-order valence-electron chi connectivity index (χ0n) is 16.6. The summed E-state index contributed by atoms with van der Waals surface area (Å²) in [7, 11) is -5.00. The summed E-state index contributed by atoms with van der Waals surface area (Å²) in [5.74, 6) is -0.729. The van der Waals surface area contributed by atoms with Gasteiger partial charge < -0.3 is 4.90 Å². The Kier molecular flexibility index (Phi) is 6.64. The average molecular weight is 437 g/mol. The Morgan fingerprint density at radius 1 is 1.29 bits per heavy atom. The highest BCUT2D eigenvalue weighted by atomic mass is 32.2. The SMILES string of the molecule is Cc1sc(N(CC[Si](C)(C)C)c2ccc(C#N)cc2)nc1C(=O)NS(C)(=O)=O. The Hall–Kier alpha value is -2.22. The van der Waals surface area contributed by atoms with Crippen LogP contribution in [0, 0.1) is 18.3 Å². The van der Waals surface area contributed by atoms with Gasteiger partial charge >= 0.3 is 0 Å². The van der Waals surface area contributed by atoms with E-state index in [0.717, 1.165) is 24.5 Å². The first-order valence-electron chi connectivity index (χ1n) is 8.67. The third-order valence-electron chi connectivity index (χ3n) is 3.90. The molecule has 0 saturated heterocycles. The number of sulfonamides is 1. The summed E-state index contributed by atoms with van der Waals surface area (Å²) in [6.07, 6.45) is 0.935. The van der Waals surface area contributed by atoms with Crippen LogP contribution in [0.25, 0.3) is 0 Å². The number of aryl methyl sites for hydroxylation is 1. The van der Waals surface area contributed by atoms with Crippen LogP contribution in [0.3, 0.4) is 0 Å². The molecule has 1 amide bonds. The van der Waals surface area contributed by atoms with Crippen molar-refractivity contribution in [3.8, 4) is 6.07 Å². The summed E-state index contributed by atoms with van der Waals surface area (Å²) in [6.45, 7) is 9.31. The molecule has 10 heteroatoms. The molecule has 0 atom stereocenters. The molecule has 0 aliphatic carbocycles. The monoisotopic (exact) mass is 436 g/mol. The normalized spacial score (nSPS) is 11.7. The van der Waals surface area contributed by atoms with Gasteiger partial charge in [-0.1, -0.05) is 19.6 Å². The minimum atomic E-state index is -3.66. The lowest BCUT2D eigenvalue weighted by Crippen LogP contribution is -2.30. The number of rotatable bonds is 7. The summed E-state index contributed by atoms with van der Waals surface area (Å²) in [5.41, 5.74) is 1.55. The molecule has 7 nitrogen and oxygen atoms in total. The van der Waals surface area contributed by atoms with Gasteiger partial charge in [-0.3, -0.25) is 4.79 Å². The number of benzene rings is 1. The van der Waals surface area contributed by atoms with E-state index in [4.69, 9.17) is 5.26 Å². The van der Waals surface area contributed by atoms with E-state index in [2.05, 4.69) is 30.7 Å². The number of nitrogens with zero attached hydrogens (tertiary/aromatic N) is 3. The molecule has 0 unspecified atom stereocenters. The van der Waals surface area contributed by atoms with Crippen molar-refractivity contribution in [2.24, 2.45) is 0 Å². The molecule has 0 aliphatic heterocycles. The smallest absolute Gasteiger partial charge is 0.284 e. The Bertz CT molecular complexity index is 1000. The van der Waals surface area contributed by atoms with Crippen LogP contribution in [0.1, 0.15) is 20.9 Å². The van der Waals surface area contributed by atoms with Gasteiger partial charge in [-0.2, -0.15) is 5.26 Å². The van der Waals surface area contributed by atoms with Crippen LogP contribution < -0.4 is 9.62 Å². The predicted octanol–water partition coefficient (Wildman–Crippen LogP) is 3.49. The molecule has 1 aromatic heterocycles. The molecular weight excluding hydrogens is 412 g/mol. The van der Waals surface area contributed by atoms with E-state index in [-0.39, 0.29) is 5.69 Å². The van der Waals surface area contributed by atoms with Crippen LogP contribution in [-0.2, 0) is 10.0 Å². The molecule has 150 valence electrons. The standard InChI is InChI=1S/C18H24N4O3S2Si/c1-13-16(17(23)21-27(2,24)25)20-18(26-13)22(10-11-28(3,4)5)15-8-6-14(12-19)7-9-15/h6-9H,10-11H2,1-5H3,(H,21,23). The predicted molar refractivity (Wildman–Crippen MR) is 115 cm³/mol. The molecule has 0 spiro atoms. The second-order valence-electron chi connectivity index (χ2n) is 7.73. The maximum Gasteiger partial charge on any atom is 0.284 e. The van der Waals surface area contributed by atoms with Gasteiger partial charge in [0.1, 0.15) is 5.69 Å². The zero-order valence-corrected chi connectivity index (χ0v) is 19.2. The number of hydrogen-bond acceptors (Lipinski definition) is 7. The van der Waals surface area contributed by atoms with Gasteiger partial charge in [-0.15, -0.1) is 11.3 Å².